The quantitative estimate of drug-likeness (QED) is 0.155. The molecular weight excluding hydrogens is 617 g/mol. The molecule has 7 heterocycles. The summed E-state index contributed by atoms with van der Waals surface area (Å²) in [6.45, 7) is -0.874. The molecule has 3 aliphatic rings. The molecule has 3 aliphatic heterocycles. The lowest BCUT2D eigenvalue weighted by atomic mass is 10.2. The summed E-state index contributed by atoms with van der Waals surface area (Å²) in [5.74, 6) is -0.0583. The first-order valence-corrected chi connectivity index (χ1v) is 15.7. The average molecular weight is 642 g/mol. The molecule has 0 amide bonds. The van der Waals surface area contributed by atoms with Crippen molar-refractivity contribution in [2.45, 2.75) is 49.7 Å². The smallest absolute Gasteiger partial charge is 0.382 e. The zero-order valence-corrected chi connectivity index (χ0v) is 23.5. The van der Waals surface area contributed by atoms with Crippen LogP contribution in [0.4, 0.5) is 11.8 Å². The number of imidazole rings is 2. The van der Waals surface area contributed by atoms with Crippen molar-refractivity contribution in [1.82, 2.24) is 43.8 Å². The number of fused-ring (bicyclic) bond motifs is 5. The van der Waals surface area contributed by atoms with Crippen LogP contribution in [-0.4, -0.2) is 89.9 Å². The van der Waals surface area contributed by atoms with Gasteiger partial charge >= 0.3 is 18.1 Å². The van der Waals surface area contributed by atoms with Crippen molar-refractivity contribution in [3.63, 3.8) is 0 Å². The second-order valence-corrected chi connectivity index (χ2v) is 12.7. The molecule has 2 bridgehead atoms. The Bertz CT molecular complexity index is 1930. The van der Waals surface area contributed by atoms with Gasteiger partial charge in [0.05, 0.1) is 25.4 Å². The number of phosphoric acid groups is 1. The van der Waals surface area contributed by atoms with E-state index in [-0.39, 0.29) is 35.8 Å². The summed E-state index contributed by atoms with van der Waals surface area (Å²) in [4.78, 5) is 45.5. The Morgan fingerprint density at radius 1 is 1.00 bits per heavy atom. The van der Waals surface area contributed by atoms with Crippen molar-refractivity contribution in [3.8, 4) is 0 Å². The van der Waals surface area contributed by atoms with Crippen molar-refractivity contribution < 1.29 is 40.6 Å². The highest BCUT2D eigenvalue weighted by Gasteiger charge is 2.46. The molecule has 0 radical (unpaired) electrons. The van der Waals surface area contributed by atoms with Crippen LogP contribution in [-0.2, 0) is 37.6 Å². The Morgan fingerprint density at radius 3 is 2.63 bits per heavy atom. The molecule has 0 aliphatic carbocycles. The summed E-state index contributed by atoms with van der Waals surface area (Å²) in [6, 6.07) is 0. The van der Waals surface area contributed by atoms with E-state index < -0.39 is 73.7 Å². The Hall–Kier alpha value is -3.60. The molecule has 7 N–H and O–H groups in total. The standard InChI is InChI=1S/C20H24N11O10PS/c21-15-13-16(24-5-23-15)30(6-25-13)12-2-9-11(39-12)3-27-43(35,36)41-10-1-8(4-37-42(33,34)40-9)38-19(10)31-7-26-14-17(31)28-20(22)29-18(14)32/h5-12,19,27H,1-4H2,(H,33,34)(H2,21,23,24)(H3,22,28,29,32)/t8-,9-,10+,11+,12+,19-/m0/s1. The van der Waals surface area contributed by atoms with Crippen molar-refractivity contribution in [2.75, 3.05) is 24.6 Å². The summed E-state index contributed by atoms with van der Waals surface area (Å²) in [6.07, 6.45) is -2.51. The van der Waals surface area contributed by atoms with E-state index in [0.29, 0.717) is 11.2 Å². The Morgan fingerprint density at radius 2 is 1.79 bits per heavy atom. The summed E-state index contributed by atoms with van der Waals surface area (Å²) >= 11 is 0. The number of nitrogens with two attached hydrogens (primary N) is 2. The van der Waals surface area contributed by atoms with Crippen LogP contribution in [0.15, 0.2) is 23.8 Å². The van der Waals surface area contributed by atoms with E-state index in [0.717, 1.165) is 0 Å². The van der Waals surface area contributed by atoms with E-state index in [1.807, 2.05) is 0 Å². The molecular formula is C20H24N11O10PS. The number of hydrogen-bond donors (Lipinski definition) is 5. The molecule has 21 nitrogen and oxygen atoms in total. The van der Waals surface area contributed by atoms with Gasteiger partial charge in [-0.2, -0.15) is 18.1 Å². The lowest BCUT2D eigenvalue weighted by molar-refractivity contribution is -0.0486. The van der Waals surface area contributed by atoms with Gasteiger partial charge in [-0.3, -0.25) is 28.0 Å². The number of phosphoric ester groups is 1. The molecule has 3 saturated heterocycles. The van der Waals surface area contributed by atoms with E-state index in [1.165, 1.54) is 28.1 Å². The molecule has 0 aromatic carbocycles. The maximum atomic E-state index is 13.1. The van der Waals surface area contributed by atoms with Gasteiger partial charge in [0.15, 0.2) is 28.9 Å². The first-order chi connectivity index (χ1) is 20.5. The molecule has 1 unspecified atom stereocenters. The second-order valence-electron chi connectivity index (χ2n) is 9.95. The van der Waals surface area contributed by atoms with Crippen molar-refractivity contribution in [2.24, 2.45) is 0 Å². The van der Waals surface area contributed by atoms with Crippen LogP contribution in [0.25, 0.3) is 22.3 Å². The summed E-state index contributed by atoms with van der Waals surface area (Å²) < 4.78 is 72.5. The third kappa shape index (κ3) is 5.25. The largest absolute Gasteiger partial charge is 0.472 e. The number of aromatic nitrogens is 8. The monoisotopic (exact) mass is 641 g/mol. The minimum Gasteiger partial charge on any atom is -0.382 e. The van der Waals surface area contributed by atoms with Gasteiger partial charge in [-0.05, 0) is 0 Å². The molecule has 0 spiro atoms. The highest BCUT2D eigenvalue weighted by molar-refractivity contribution is 7.84. The fourth-order valence-corrected chi connectivity index (χ4v) is 7.20. The van der Waals surface area contributed by atoms with Gasteiger partial charge in [0.2, 0.25) is 5.95 Å². The fraction of sp³-hybridized carbons (Fsp3) is 0.500. The summed E-state index contributed by atoms with van der Waals surface area (Å²) in [5.41, 5.74) is 11.5. The highest BCUT2D eigenvalue weighted by atomic mass is 32.2. The maximum absolute atomic E-state index is 13.1. The SMILES string of the molecule is Nc1nc2c(ncn2[C@H]2O[C@@H]3COP(=O)(O)O[C@H]4C[C@H](n5cnc6c(N)ncnc65)O[C@@H]4CNS(=O)(=O)O[C@@H]2C3)c(=O)[nH]1. The van der Waals surface area contributed by atoms with Crippen LogP contribution >= 0.6 is 7.82 Å². The van der Waals surface area contributed by atoms with Gasteiger partial charge in [-0.25, -0.2) is 28.7 Å². The summed E-state index contributed by atoms with van der Waals surface area (Å²) in [7, 11) is -9.19. The van der Waals surface area contributed by atoms with Crippen molar-refractivity contribution >= 4 is 52.2 Å². The number of anilines is 2. The molecule has 4 aromatic rings. The van der Waals surface area contributed by atoms with Crippen LogP contribution in [0.5, 0.6) is 0 Å². The average Bonchev–Trinajstić information content (AvgIpc) is 3.71. The lowest BCUT2D eigenvalue weighted by Crippen LogP contribution is -2.40. The molecule has 43 heavy (non-hydrogen) atoms. The first kappa shape index (κ1) is 28.2. The van der Waals surface area contributed by atoms with E-state index in [4.69, 9.17) is 34.2 Å². The highest BCUT2D eigenvalue weighted by Crippen LogP contribution is 2.49. The zero-order valence-electron chi connectivity index (χ0n) is 21.8. The number of nitrogens with one attached hydrogen (secondary N) is 2. The van der Waals surface area contributed by atoms with Crippen LogP contribution in [0.1, 0.15) is 25.3 Å². The topological polar surface area (TPSA) is 289 Å². The van der Waals surface area contributed by atoms with Gasteiger partial charge in [0, 0.05) is 19.4 Å². The van der Waals surface area contributed by atoms with Gasteiger partial charge in [0.25, 0.3) is 5.56 Å². The fourth-order valence-electron chi connectivity index (χ4n) is 5.29. The number of hydrogen-bond acceptors (Lipinski definition) is 16. The number of nitrogen functional groups attached to an aromatic ring is 2. The van der Waals surface area contributed by atoms with E-state index in [1.54, 1.807) is 0 Å². The normalized spacial score (nSPS) is 33.1. The van der Waals surface area contributed by atoms with Crippen LogP contribution in [0.2, 0.25) is 0 Å². The number of rotatable bonds is 2. The molecule has 3 fully saturated rings. The molecule has 4 aromatic heterocycles. The van der Waals surface area contributed by atoms with Gasteiger partial charge in [0.1, 0.15) is 36.4 Å². The Labute approximate surface area is 240 Å². The van der Waals surface area contributed by atoms with Gasteiger partial charge in [-0.15, -0.1) is 0 Å². The predicted molar refractivity (Wildman–Crippen MR) is 142 cm³/mol. The van der Waals surface area contributed by atoms with E-state index in [9.17, 15) is 22.7 Å². The Balaban J connectivity index is 1.17. The number of ether oxygens (including phenoxy) is 2. The van der Waals surface area contributed by atoms with Crippen molar-refractivity contribution in [1.29, 1.82) is 0 Å². The minimum atomic E-state index is -4.72. The lowest BCUT2D eigenvalue weighted by Gasteiger charge is -2.24. The van der Waals surface area contributed by atoms with Gasteiger partial charge < -0.3 is 25.8 Å². The minimum absolute atomic E-state index is 0.00409. The van der Waals surface area contributed by atoms with Crippen LogP contribution < -0.4 is 21.7 Å². The second kappa shape index (κ2) is 10.2. The number of aromatic amines is 1. The third-order valence-electron chi connectivity index (χ3n) is 7.15. The molecule has 0 saturated carbocycles. The molecule has 7 atom stereocenters. The molecule has 23 heteroatoms. The Kier molecular flexibility index (Phi) is 6.72. The van der Waals surface area contributed by atoms with E-state index in [2.05, 4.69) is 34.6 Å². The first-order valence-electron chi connectivity index (χ1n) is 12.8. The van der Waals surface area contributed by atoms with Crippen molar-refractivity contribution in [3.05, 3.63) is 29.3 Å². The van der Waals surface area contributed by atoms with Crippen LogP contribution in [0.3, 0.4) is 0 Å². The van der Waals surface area contributed by atoms with Crippen LogP contribution in [0, 0.1) is 0 Å². The number of nitrogens with zero attached hydrogens (tertiary/aromatic N) is 7. The molecule has 7 rings (SSSR count). The summed E-state index contributed by atoms with van der Waals surface area (Å²) in [5, 5.41) is 0. The number of H-pyrrole nitrogens is 1. The zero-order chi connectivity index (χ0) is 30.1. The van der Waals surface area contributed by atoms with Gasteiger partial charge in [-0.1, -0.05) is 0 Å². The van der Waals surface area contributed by atoms with E-state index >= 15 is 0 Å². The maximum Gasteiger partial charge on any atom is 0.472 e. The third-order valence-corrected chi connectivity index (χ3v) is 9.18. The molecule has 230 valence electrons. The predicted octanol–water partition coefficient (Wildman–Crippen LogP) is -1.57.